The third-order valence-electron chi connectivity index (χ3n) is 4.50. The molecule has 0 saturated carbocycles. The monoisotopic (exact) mass is 369 g/mol. The minimum atomic E-state index is -3.72. The summed E-state index contributed by atoms with van der Waals surface area (Å²) in [6, 6.07) is 4.67. The zero-order valence-electron chi connectivity index (χ0n) is 15.3. The number of carbonyl (C=O) groups excluding carboxylic acids is 1. The number of hydrogen-bond acceptors (Lipinski definition) is 5. The number of ether oxygens (including phenoxy) is 1. The molecule has 1 aliphatic heterocycles. The number of benzene rings is 1. The SMILES string of the molecule is CCN(CC)S(=O)(=O)c1cc(C(=O)N2CCNC[C@H]2C)ccc1OC. The van der Waals surface area contributed by atoms with E-state index < -0.39 is 10.0 Å². The van der Waals surface area contributed by atoms with E-state index in [1.54, 1.807) is 30.9 Å². The summed E-state index contributed by atoms with van der Waals surface area (Å²) in [7, 11) is -2.29. The van der Waals surface area contributed by atoms with Crippen molar-refractivity contribution >= 4 is 15.9 Å². The first-order valence-corrected chi connectivity index (χ1v) is 10.0. The second kappa shape index (κ2) is 8.16. The van der Waals surface area contributed by atoms with Crippen LogP contribution in [-0.4, -0.2) is 69.4 Å². The lowest BCUT2D eigenvalue weighted by atomic mass is 10.1. The van der Waals surface area contributed by atoms with Gasteiger partial charge in [0.05, 0.1) is 7.11 Å². The Morgan fingerprint density at radius 3 is 2.60 bits per heavy atom. The Bertz CT molecular complexity index is 717. The van der Waals surface area contributed by atoms with Crippen LogP contribution in [0.25, 0.3) is 0 Å². The molecule has 0 aromatic heterocycles. The molecule has 1 fully saturated rings. The molecule has 1 heterocycles. The molecule has 1 aromatic carbocycles. The lowest BCUT2D eigenvalue weighted by Crippen LogP contribution is -2.52. The van der Waals surface area contributed by atoms with E-state index in [0.717, 1.165) is 13.1 Å². The molecule has 0 radical (unpaired) electrons. The fourth-order valence-corrected chi connectivity index (χ4v) is 4.66. The number of piperazine rings is 1. The number of hydrogen-bond donors (Lipinski definition) is 1. The predicted molar refractivity (Wildman–Crippen MR) is 96.5 cm³/mol. The van der Waals surface area contributed by atoms with Crippen molar-refractivity contribution in [2.45, 2.75) is 31.7 Å². The summed E-state index contributed by atoms with van der Waals surface area (Å²) in [5.41, 5.74) is 0.361. The lowest BCUT2D eigenvalue weighted by molar-refractivity contribution is 0.0655. The average Bonchev–Trinajstić information content (AvgIpc) is 2.61. The third-order valence-corrected chi connectivity index (χ3v) is 6.57. The van der Waals surface area contributed by atoms with Crippen LogP contribution in [0.15, 0.2) is 23.1 Å². The topological polar surface area (TPSA) is 79.0 Å². The quantitative estimate of drug-likeness (QED) is 0.814. The number of carbonyl (C=O) groups is 1. The fourth-order valence-electron chi connectivity index (χ4n) is 3.02. The lowest BCUT2D eigenvalue weighted by Gasteiger charge is -2.34. The van der Waals surface area contributed by atoms with Crippen molar-refractivity contribution in [3.63, 3.8) is 0 Å². The second-order valence-corrected chi connectivity index (χ2v) is 7.91. The Labute approximate surface area is 150 Å². The Kier molecular flexibility index (Phi) is 6.42. The molecule has 1 aromatic rings. The molecule has 1 aliphatic rings. The first kappa shape index (κ1) is 19.7. The van der Waals surface area contributed by atoms with Crippen molar-refractivity contribution in [2.75, 3.05) is 39.8 Å². The molecule has 140 valence electrons. The van der Waals surface area contributed by atoms with Gasteiger partial charge in [0, 0.05) is 44.3 Å². The average molecular weight is 369 g/mol. The van der Waals surface area contributed by atoms with Gasteiger partial charge >= 0.3 is 0 Å². The molecule has 0 unspecified atom stereocenters. The molecule has 0 bridgehead atoms. The molecule has 1 amide bonds. The van der Waals surface area contributed by atoms with Crippen molar-refractivity contribution in [1.82, 2.24) is 14.5 Å². The van der Waals surface area contributed by atoms with Gasteiger partial charge in [-0.15, -0.1) is 0 Å². The number of sulfonamides is 1. The van der Waals surface area contributed by atoms with Crippen molar-refractivity contribution < 1.29 is 17.9 Å². The van der Waals surface area contributed by atoms with E-state index in [2.05, 4.69) is 5.32 Å². The summed E-state index contributed by atoms with van der Waals surface area (Å²) < 4.78 is 32.4. The van der Waals surface area contributed by atoms with Crippen molar-refractivity contribution in [3.8, 4) is 5.75 Å². The van der Waals surface area contributed by atoms with Gasteiger partial charge in [0.15, 0.2) is 0 Å². The fraction of sp³-hybridized carbons (Fsp3) is 0.588. The van der Waals surface area contributed by atoms with Crippen LogP contribution in [0.3, 0.4) is 0 Å². The maximum Gasteiger partial charge on any atom is 0.254 e. The van der Waals surface area contributed by atoms with Crippen molar-refractivity contribution in [2.24, 2.45) is 0 Å². The molecular formula is C17H27N3O4S. The minimum absolute atomic E-state index is 0.0346. The number of nitrogens with one attached hydrogen (secondary N) is 1. The van der Waals surface area contributed by atoms with E-state index in [4.69, 9.17) is 4.74 Å². The van der Waals surface area contributed by atoms with Crippen LogP contribution < -0.4 is 10.1 Å². The Morgan fingerprint density at radius 1 is 1.36 bits per heavy atom. The third kappa shape index (κ3) is 3.96. The molecule has 0 spiro atoms. The van der Waals surface area contributed by atoms with Crippen LogP contribution >= 0.6 is 0 Å². The van der Waals surface area contributed by atoms with Crippen molar-refractivity contribution in [1.29, 1.82) is 0 Å². The van der Waals surface area contributed by atoms with Gasteiger partial charge in [-0.1, -0.05) is 13.8 Å². The van der Waals surface area contributed by atoms with Crippen LogP contribution in [-0.2, 0) is 10.0 Å². The van der Waals surface area contributed by atoms with Gasteiger partial charge in [-0.05, 0) is 25.1 Å². The molecule has 0 aliphatic carbocycles. The van der Waals surface area contributed by atoms with Gasteiger partial charge in [-0.2, -0.15) is 4.31 Å². The summed E-state index contributed by atoms with van der Waals surface area (Å²) in [4.78, 5) is 14.7. The molecule has 1 N–H and O–H groups in total. The predicted octanol–water partition coefficient (Wildman–Crippen LogP) is 1.16. The smallest absolute Gasteiger partial charge is 0.254 e. The zero-order valence-corrected chi connectivity index (χ0v) is 16.1. The normalized spacial score (nSPS) is 18.4. The van der Waals surface area contributed by atoms with Crippen molar-refractivity contribution in [3.05, 3.63) is 23.8 Å². The summed E-state index contributed by atoms with van der Waals surface area (Å²) in [5, 5.41) is 3.24. The highest BCUT2D eigenvalue weighted by Gasteiger charge is 2.29. The number of methoxy groups -OCH3 is 1. The second-order valence-electron chi connectivity index (χ2n) is 6.01. The molecule has 1 atom stereocenters. The van der Waals surface area contributed by atoms with Crippen LogP contribution in [0.5, 0.6) is 5.75 Å². The molecular weight excluding hydrogens is 342 g/mol. The van der Waals surface area contributed by atoms with E-state index in [9.17, 15) is 13.2 Å². The maximum absolute atomic E-state index is 12.9. The summed E-state index contributed by atoms with van der Waals surface area (Å²) in [6.45, 7) is 8.31. The van der Waals surface area contributed by atoms with Crippen LogP contribution in [0, 0.1) is 0 Å². The van der Waals surface area contributed by atoms with Gasteiger partial charge < -0.3 is 15.0 Å². The number of rotatable bonds is 6. The summed E-state index contributed by atoms with van der Waals surface area (Å²) in [6.07, 6.45) is 0. The molecule has 25 heavy (non-hydrogen) atoms. The summed E-state index contributed by atoms with van der Waals surface area (Å²) in [5.74, 6) is 0.0875. The van der Waals surface area contributed by atoms with Crippen LogP contribution in [0.2, 0.25) is 0 Å². The highest BCUT2D eigenvalue weighted by molar-refractivity contribution is 7.89. The molecule has 1 saturated heterocycles. The summed E-state index contributed by atoms with van der Waals surface area (Å²) >= 11 is 0. The Hall–Kier alpha value is -1.64. The number of amides is 1. The van der Waals surface area contributed by atoms with Gasteiger partial charge in [-0.3, -0.25) is 4.79 Å². The molecule has 7 nitrogen and oxygen atoms in total. The van der Waals surface area contributed by atoms with E-state index in [-0.39, 0.29) is 22.6 Å². The van der Waals surface area contributed by atoms with Crippen LogP contribution in [0.4, 0.5) is 0 Å². The molecule has 8 heteroatoms. The standard InChI is InChI=1S/C17H27N3O4S/c1-5-19(6-2)25(22,23)16-11-14(7-8-15(16)24-4)17(21)20-10-9-18-12-13(20)3/h7-8,11,13,18H,5-6,9-10,12H2,1-4H3/t13-/m1/s1. The number of nitrogens with zero attached hydrogens (tertiary/aromatic N) is 2. The van der Waals surface area contributed by atoms with Gasteiger partial charge in [-0.25, -0.2) is 8.42 Å². The van der Waals surface area contributed by atoms with Gasteiger partial charge in [0.25, 0.3) is 5.91 Å². The highest BCUT2D eigenvalue weighted by Crippen LogP contribution is 2.28. The van der Waals surface area contributed by atoms with E-state index in [1.165, 1.54) is 17.5 Å². The largest absolute Gasteiger partial charge is 0.495 e. The minimum Gasteiger partial charge on any atom is -0.495 e. The van der Waals surface area contributed by atoms with E-state index in [1.807, 2.05) is 6.92 Å². The first-order chi connectivity index (χ1) is 11.9. The van der Waals surface area contributed by atoms with Gasteiger partial charge in [0.1, 0.15) is 10.6 Å². The Balaban J connectivity index is 2.45. The first-order valence-electron chi connectivity index (χ1n) is 8.56. The maximum atomic E-state index is 12.9. The zero-order chi connectivity index (χ0) is 18.6. The van der Waals surface area contributed by atoms with Gasteiger partial charge in [0.2, 0.25) is 10.0 Å². The van der Waals surface area contributed by atoms with E-state index >= 15 is 0 Å². The van der Waals surface area contributed by atoms with E-state index in [0.29, 0.717) is 25.2 Å². The Morgan fingerprint density at radius 2 is 2.04 bits per heavy atom. The van der Waals surface area contributed by atoms with Crippen LogP contribution in [0.1, 0.15) is 31.1 Å². The molecule has 2 rings (SSSR count). The highest BCUT2D eigenvalue weighted by atomic mass is 32.2.